The van der Waals surface area contributed by atoms with E-state index in [1.54, 1.807) is 6.07 Å². The van der Waals surface area contributed by atoms with Gasteiger partial charge in [-0.25, -0.2) is 0 Å². The van der Waals surface area contributed by atoms with E-state index >= 15 is 0 Å². The van der Waals surface area contributed by atoms with Crippen LogP contribution in [0.25, 0.3) is 0 Å². The Hall–Kier alpha value is -1.22. The van der Waals surface area contributed by atoms with Gasteiger partial charge in [0.15, 0.2) is 0 Å². The summed E-state index contributed by atoms with van der Waals surface area (Å²) in [5.41, 5.74) is 0.962. The molecule has 0 spiro atoms. The zero-order valence-electron chi connectivity index (χ0n) is 10.7. The number of benzene rings is 1. The zero-order valence-corrected chi connectivity index (χ0v) is 10.7. The lowest BCUT2D eigenvalue weighted by molar-refractivity contribution is 0.267. The van der Waals surface area contributed by atoms with E-state index < -0.39 is 0 Å². The maximum Gasteiger partial charge on any atom is 0.138 e. The van der Waals surface area contributed by atoms with Crippen LogP contribution >= 0.6 is 0 Å². The van der Waals surface area contributed by atoms with Gasteiger partial charge in [0.2, 0.25) is 0 Å². The van der Waals surface area contributed by atoms with Crippen molar-refractivity contribution in [2.45, 2.75) is 13.8 Å². The summed E-state index contributed by atoms with van der Waals surface area (Å²) in [7, 11) is 0. The average molecular weight is 233 g/mol. The van der Waals surface area contributed by atoms with E-state index in [2.05, 4.69) is 23.6 Å². The van der Waals surface area contributed by atoms with Gasteiger partial charge in [0, 0.05) is 32.7 Å². The van der Waals surface area contributed by atoms with Crippen molar-refractivity contribution in [1.29, 1.82) is 0 Å². The normalized spacial score (nSPS) is 17.7. The number of hydrogen-bond donors (Lipinski definition) is 1. The van der Waals surface area contributed by atoms with Gasteiger partial charge in [-0.15, -0.1) is 0 Å². The van der Waals surface area contributed by atoms with Crippen LogP contribution in [-0.4, -0.2) is 42.7 Å². The first-order valence-corrected chi connectivity index (χ1v) is 6.21. The fraction of sp³-hybridized carbons (Fsp3) is 0.500. The van der Waals surface area contributed by atoms with Crippen LogP contribution in [0.15, 0.2) is 24.3 Å². The molecule has 0 bridgehead atoms. The lowest BCUT2D eigenvalue weighted by Crippen LogP contribution is -2.47. The lowest BCUT2D eigenvalue weighted by Gasteiger charge is -2.36. The molecule has 1 aromatic rings. The Morgan fingerprint density at radius 3 is 2.35 bits per heavy atom. The molecule has 17 heavy (non-hydrogen) atoms. The van der Waals surface area contributed by atoms with E-state index in [1.807, 2.05) is 18.2 Å². The molecule has 0 amide bonds. The third kappa shape index (κ3) is 3.13. The van der Waals surface area contributed by atoms with Crippen molar-refractivity contribution in [2.24, 2.45) is 0 Å². The Kier molecular flexibility index (Phi) is 3.89. The predicted molar refractivity (Wildman–Crippen MR) is 71.4 cm³/mol. The second kappa shape index (κ2) is 5.41. The maximum absolute atomic E-state index is 9.81. The van der Waals surface area contributed by atoms with Crippen molar-refractivity contribution in [1.82, 2.24) is 4.90 Å². The molecule has 1 aromatic carbocycles. The topological polar surface area (TPSA) is 26.7 Å². The molecule has 0 aromatic heterocycles. The molecule has 1 aliphatic rings. The molecule has 1 radical (unpaired) electrons. The largest absolute Gasteiger partial charge is 0.506 e. The van der Waals surface area contributed by atoms with Gasteiger partial charge in [-0.2, -0.15) is 0 Å². The van der Waals surface area contributed by atoms with Crippen LogP contribution in [0.5, 0.6) is 5.75 Å². The molecule has 1 N–H and O–H groups in total. The van der Waals surface area contributed by atoms with E-state index in [1.165, 1.54) is 5.92 Å². The van der Waals surface area contributed by atoms with Gasteiger partial charge in [0.1, 0.15) is 5.75 Å². The van der Waals surface area contributed by atoms with Crippen molar-refractivity contribution in [3.63, 3.8) is 0 Å². The molecule has 3 nitrogen and oxygen atoms in total. The fourth-order valence-corrected chi connectivity index (χ4v) is 2.33. The molecule has 3 heteroatoms. The van der Waals surface area contributed by atoms with Gasteiger partial charge in [-0.05, 0) is 18.1 Å². The van der Waals surface area contributed by atoms with Gasteiger partial charge in [-0.3, -0.25) is 4.90 Å². The number of nitrogens with zero attached hydrogens (tertiary/aromatic N) is 2. The highest BCUT2D eigenvalue weighted by molar-refractivity contribution is 5.57. The first-order valence-electron chi connectivity index (χ1n) is 6.21. The molecule has 0 unspecified atom stereocenters. The van der Waals surface area contributed by atoms with Gasteiger partial charge in [-0.1, -0.05) is 26.0 Å². The third-order valence-electron chi connectivity index (χ3n) is 3.13. The average Bonchev–Trinajstić information content (AvgIpc) is 2.30. The van der Waals surface area contributed by atoms with Crippen LogP contribution in [0.4, 0.5) is 5.69 Å². The zero-order chi connectivity index (χ0) is 12.3. The molecule has 0 atom stereocenters. The molecule has 1 aliphatic heterocycles. The van der Waals surface area contributed by atoms with Crippen molar-refractivity contribution in [3.8, 4) is 5.75 Å². The molecule has 0 saturated carbocycles. The van der Waals surface area contributed by atoms with Gasteiger partial charge in [0.05, 0.1) is 5.69 Å². The SMILES string of the molecule is C[C](C)CN1CCN(c2ccccc2O)CC1. The van der Waals surface area contributed by atoms with Crippen molar-refractivity contribution >= 4 is 5.69 Å². The Labute approximate surface area is 104 Å². The van der Waals surface area contributed by atoms with Crippen LogP contribution < -0.4 is 4.90 Å². The summed E-state index contributed by atoms with van der Waals surface area (Å²) in [4.78, 5) is 4.72. The Balaban J connectivity index is 1.93. The highest BCUT2D eigenvalue weighted by Crippen LogP contribution is 2.27. The maximum atomic E-state index is 9.81. The van der Waals surface area contributed by atoms with Gasteiger partial charge in [0.25, 0.3) is 0 Å². The molecular formula is C14H21N2O. The molecule has 1 heterocycles. The smallest absolute Gasteiger partial charge is 0.138 e. The number of piperazine rings is 1. The van der Waals surface area contributed by atoms with Crippen molar-refractivity contribution in [2.75, 3.05) is 37.6 Å². The molecular weight excluding hydrogens is 212 g/mol. The summed E-state index contributed by atoms with van der Waals surface area (Å²) in [5.74, 6) is 1.85. The number of aromatic hydroxyl groups is 1. The second-order valence-corrected chi connectivity index (χ2v) is 4.96. The van der Waals surface area contributed by atoms with Crippen LogP contribution in [0.3, 0.4) is 0 Å². The molecule has 1 saturated heterocycles. The Morgan fingerprint density at radius 2 is 1.76 bits per heavy atom. The summed E-state index contributed by atoms with van der Waals surface area (Å²) in [6.45, 7) is 9.56. The minimum atomic E-state index is 0.388. The number of hydrogen-bond acceptors (Lipinski definition) is 3. The van der Waals surface area contributed by atoms with Gasteiger partial charge < -0.3 is 10.0 Å². The summed E-state index contributed by atoms with van der Waals surface area (Å²) < 4.78 is 0. The number of rotatable bonds is 3. The molecule has 1 fully saturated rings. The lowest BCUT2D eigenvalue weighted by atomic mass is 10.2. The van der Waals surface area contributed by atoms with Crippen LogP contribution in [-0.2, 0) is 0 Å². The van der Waals surface area contributed by atoms with E-state index in [-0.39, 0.29) is 0 Å². The minimum Gasteiger partial charge on any atom is -0.506 e. The summed E-state index contributed by atoms with van der Waals surface area (Å²) >= 11 is 0. The molecule has 0 aliphatic carbocycles. The quantitative estimate of drug-likeness (QED) is 0.866. The first-order chi connectivity index (χ1) is 8.16. The monoisotopic (exact) mass is 233 g/mol. The summed E-state index contributed by atoms with van der Waals surface area (Å²) in [6.07, 6.45) is 0. The number of anilines is 1. The van der Waals surface area contributed by atoms with Crippen molar-refractivity contribution < 1.29 is 5.11 Å². The highest BCUT2D eigenvalue weighted by atomic mass is 16.3. The molecule has 93 valence electrons. The van der Waals surface area contributed by atoms with E-state index in [4.69, 9.17) is 0 Å². The standard InChI is InChI=1S/C14H21N2O/c1-12(2)11-15-7-9-16(10-8-15)13-5-3-4-6-14(13)17/h3-6,17H,7-11H2,1-2H3. The number of para-hydroxylation sites is 2. The Morgan fingerprint density at radius 1 is 1.12 bits per heavy atom. The second-order valence-electron chi connectivity index (χ2n) is 4.96. The van der Waals surface area contributed by atoms with Crippen LogP contribution in [0, 0.1) is 5.92 Å². The van der Waals surface area contributed by atoms with E-state index in [9.17, 15) is 5.11 Å². The first kappa shape index (κ1) is 12.2. The van der Waals surface area contributed by atoms with E-state index in [0.29, 0.717) is 5.75 Å². The van der Waals surface area contributed by atoms with Crippen molar-refractivity contribution in [3.05, 3.63) is 30.2 Å². The predicted octanol–water partition coefficient (Wildman–Crippen LogP) is 2.13. The van der Waals surface area contributed by atoms with Crippen LogP contribution in [0.1, 0.15) is 13.8 Å². The highest BCUT2D eigenvalue weighted by Gasteiger charge is 2.19. The summed E-state index contributed by atoms with van der Waals surface area (Å²) in [5, 5.41) is 9.81. The van der Waals surface area contributed by atoms with E-state index in [0.717, 1.165) is 38.4 Å². The number of phenolic OH excluding ortho intramolecular Hbond substituents is 1. The van der Waals surface area contributed by atoms with Crippen LogP contribution in [0.2, 0.25) is 0 Å². The number of phenols is 1. The van der Waals surface area contributed by atoms with Gasteiger partial charge >= 0.3 is 0 Å². The minimum absolute atomic E-state index is 0.388. The Bertz CT molecular complexity index is 357. The third-order valence-corrected chi connectivity index (χ3v) is 3.13. The fourth-order valence-electron chi connectivity index (χ4n) is 2.33. The molecule has 2 rings (SSSR count). The summed E-state index contributed by atoms with van der Waals surface area (Å²) in [6, 6.07) is 7.59.